The number of sulfone groups is 1. The summed E-state index contributed by atoms with van der Waals surface area (Å²) in [5, 5.41) is 10.0. The topological polar surface area (TPSA) is 99.7 Å². The van der Waals surface area contributed by atoms with Crippen LogP contribution in [0.4, 0.5) is 0 Å². The highest BCUT2D eigenvalue weighted by Gasteiger charge is 2.39. The predicted molar refractivity (Wildman–Crippen MR) is 136 cm³/mol. The Bertz CT molecular complexity index is 1340. The third kappa shape index (κ3) is 4.82. The molecule has 1 saturated carbocycles. The van der Waals surface area contributed by atoms with Crippen molar-refractivity contribution in [1.29, 1.82) is 0 Å². The zero-order valence-electron chi connectivity index (χ0n) is 20.2. The summed E-state index contributed by atoms with van der Waals surface area (Å²) in [6, 6.07) is 10.8. The van der Waals surface area contributed by atoms with Crippen LogP contribution in [-0.4, -0.2) is 54.0 Å². The number of carbonyl (C=O) groups is 1. The number of carboxylic acid groups (broad SMARTS) is 1. The van der Waals surface area contributed by atoms with Crippen LogP contribution in [0.25, 0.3) is 10.9 Å². The number of aryl methyl sites for hydroxylation is 1. The van der Waals surface area contributed by atoms with Gasteiger partial charge in [-0.25, -0.2) is 13.2 Å². The molecule has 1 unspecified atom stereocenters. The first-order chi connectivity index (χ1) is 16.8. The average Bonchev–Trinajstić information content (AvgIpc) is 3.50. The van der Waals surface area contributed by atoms with Gasteiger partial charge >= 0.3 is 5.97 Å². The average molecular weight is 497 g/mol. The molecule has 5 rings (SSSR count). The van der Waals surface area contributed by atoms with Gasteiger partial charge in [0.1, 0.15) is 5.75 Å². The summed E-state index contributed by atoms with van der Waals surface area (Å²) < 4.78 is 32.1. The molecule has 2 aliphatic rings. The standard InChI is InChI=1S/C27H32N2O5S/c1-17-13-25(34-2)23(22-9-11-28-26(17)22)15-29-12-10-21(35(32,33)16-18-3-4-18)14-24(29)19-5-7-20(8-6-19)27(30)31/h5-9,11,13,18,21,24,28H,3-4,10,12,14-16H2,1-2H3,(H,30,31)/t21?,24-/m0/s1. The van der Waals surface area contributed by atoms with Crippen molar-refractivity contribution in [2.24, 2.45) is 5.92 Å². The van der Waals surface area contributed by atoms with Gasteiger partial charge in [0.25, 0.3) is 0 Å². The van der Waals surface area contributed by atoms with Crippen molar-refractivity contribution in [2.75, 3.05) is 19.4 Å². The second-order valence-electron chi connectivity index (χ2n) is 9.97. The molecular formula is C27H32N2O5S. The summed E-state index contributed by atoms with van der Waals surface area (Å²) >= 11 is 0. The van der Waals surface area contributed by atoms with Crippen LogP contribution in [0.15, 0.2) is 42.6 Å². The van der Waals surface area contributed by atoms with Crippen molar-refractivity contribution < 1.29 is 23.1 Å². The zero-order valence-corrected chi connectivity index (χ0v) is 21.0. The van der Waals surface area contributed by atoms with Crippen LogP contribution >= 0.6 is 0 Å². The molecule has 2 N–H and O–H groups in total. The highest BCUT2D eigenvalue weighted by molar-refractivity contribution is 7.92. The minimum atomic E-state index is -3.17. The predicted octanol–water partition coefficient (Wildman–Crippen LogP) is 4.71. The van der Waals surface area contributed by atoms with E-state index in [0.717, 1.165) is 46.2 Å². The van der Waals surface area contributed by atoms with E-state index in [9.17, 15) is 18.3 Å². The van der Waals surface area contributed by atoms with Crippen molar-refractivity contribution in [2.45, 2.75) is 50.4 Å². The Hall–Kier alpha value is -2.84. The lowest BCUT2D eigenvalue weighted by Crippen LogP contribution is -2.42. The Morgan fingerprint density at radius 1 is 1.17 bits per heavy atom. The first kappa shape index (κ1) is 23.9. The maximum atomic E-state index is 13.2. The Labute approximate surface area is 206 Å². The Morgan fingerprint density at radius 3 is 2.57 bits per heavy atom. The number of aromatic amines is 1. The van der Waals surface area contributed by atoms with Gasteiger partial charge in [0.2, 0.25) is 0 Å². The van der Waals surface area contributed by atoms with Gasteiger partial charge in [0.05, 0.1) is 23.7 Å². The summed E-state index contributed by atoms with van der Waals surface area (Å²) in [4.78, 5) is 17.0. The molecule has 1 saturated heterocycles. The van der Waals surface area contributed by atoms with E-state index in [1.807, 2.05) is 31.3 Å². The van der Waals surface area contributed by atoms with Crippen LogP contribution in [0.1, 0.15) is 58.8 Å². The van der Waals surface area contributed by atoms with Crippen LogP contribution in [0.3, 0.4) is 0 Å². The molecule has 2 atom stereocenters. The minimum Gasteiger partial charge on any atom is -0.496 e. The molecule has 35 heavy (non-hydrogen) atoms. The van der Waals surface area contributed by atoms with Gasteiger partial charge in [0, 0.05) is 41.8 Å². The van der Waals surface area contributed by atoms with Crippen LogP contribution in [0.5, 0.6) is 5.75 Å². The summed E-state index contributed by atoms with van der Waals surface area (Å²) in [5.74, 6) is 0.460. The quantitative estimate of drug-likeness (QED) is 0.468. The number of hydrogen-bond donors (Lipinski definition) is 2. The maximum Gasteiger partial charge on any atom is 0.335 e. The number of ether oxygens (including phenoxy) is 1. The lowest BCUT2D eigenvalue weighted by atomic mass is 9.93. The molecule has 8 heteroatoms. The van der Waals surface area contributed by atoms with Gasteiger partial charge in [-0.1, -0.05) is 12.1 Å². The van der Waals surface area contributed by atoms with E-state index >= 15 is 0 Å². The number of likely N-dealkylation sites (tertiary alicyclic amines) is 1. The summed E-state index contributed by atoms with van der Waals surface area (Å²) in [7, 11) is -1.50. The Morgan fingerprint density at radius 2 is 1.91 bits per heavy atom. The lowest BCUT2D eigenvalue weighted by molar-refractivity contribution is 0.0696. The SMILES string of the molecule is COc1cc(C)c2[nH]ccc2c1CN1CCC(S(=O)(=O)CC2CC2)C[C@H]1c1ccc(C(=O)O)cc1. The largest absolute Gasteiger partial charge is 0.496 e. The van der Waals surface area contributed by atoms with Crippen LogP contribution in [0.2, 0.25) is 0 Å². The number of carboxylic acids is 1. The number of hydrogen-bond acceptors (Lipinski definition) is 5. The molecule has 1 aliphatic heterocycles. The number of nitrogens with zero attached hydrogens (tertiary/aromatic N) is 1. The zero-order chi connectivity index (χ0) is 24.7. The van der Waals surface area contributed by atoms with Crippen molar-refractivity contribution in [3.8, 4) is 5.75 Å². The first-order valence-corrected chi connectivity index (χ1v) is 13.9. The second kappa shape index (κ2) is 9.32. The third-order valence-corrected chi connectivity index (χ3v) is 9.95. The highest BCUT2D eigenvalue weighted by Crippen LogP contribution is 2.40. The summed E-state index contributed by atoms with van der Waals surface area (Å²) in [5.41, 5.74) is 4.42. The molecule has 0 radical (unpaired) electrons. The first-order valence-electron chi connectivity index (χ1n) is 12.2. The number of rotatable bonds is 8. The normalized spacial score (nSPS) is 21.3. The minimum absolute atomic E-state index is 0.134. The van der Waals surface area contributed by atoms with Gasteiger partial charge in [-0.05, 0) is 73.9 Å². The number of aromatic nitrogens is 1. The molecule has 186 valence electrons. The van der Waals surface area contributed by atoms with E-state index in [1.165, 1.54) is 0 Å². The van der Waals surface area contributed by atoms with E-state index in [4.69, 9.17) is 4.74 Å². The van der Waals surface area contributed by atoms with E-state index in [2.05, 4.69) is 16.0 Å². The smallest absolute Gasteiger partial charge is 0.335 e. The van der Waals surface area contributed by atoms with Crippen molar-refractivity contribution in [3.05, 3.63) is 64.8 Å². The molecule has 7 nitrogen and oxygen atoms in total. The van der Waals surface area contributed by atoms with Crippen molar-refractivity contribution >= 4 is 26.7 Å². The van der Waals surface area contributed by atoms with Crippen molar-refractivity contribution in [3.63, 3.8) is 0 Å². The highest BCUT2D eigenvalue weighted by atomic mass is 32.2. The molecular weight excluding hydrogens is 464 g/mol. The van der Waals surface area contributed by atoms with Gasteiger partial charge in [-0.2, -0.15) is 0 Å². The fourth-order valence-electron chi connectivity index (χ4n) is 5.43. The maximum absolute atomic E-state index is 13.2. The summed E-state index contributed by atoms with van der Waals surface area (Å²) in [6.45, 7) is 3.30. The number of fused-ring (bicyclic) bond motifs is 1. The number of benzene rings is 2. The Balaban J connectivity index is 1.49. The fourth-order valence-corrected chi connectivity index (χ4v) is 7.63. The van der Waals surface area contributed by atoms with E-state index in [0.29, 0.717) is 31.8 Å². The van der Waals surface area contributed by atoms with Crippen LogP contribution in [0, 0.1) is 12.8 Å². The second-order valence-corrected chi connectivity index (χ2v) is 12.3. The van der Waals surface area contributed by atoms with Crippen molar-refractivity contribution in [1.82, 2.24) is 9.88 Å². The molecule has 1 aromatic heterocycles. The van der Waals surface area contributed by atoms with Gasteiger partial charge in [-0.3, -0.25) is 4.90 Å². The van der Waals surface area contributed by atoms with E-state index < -0.39 is 15.8 Å². The molecule has 0 spiro atoms. The van der Waals surface area contributed by atoms with Crippen LogP contribution in [-0.2, 0) is 16.4 Å². The number of aromatic carboxylic acids is 1. The lowest BCUT2D eigenvalue weighted by Gasteiger charge is -2.40. The third-order valence-electron chi connectivity index (χ3n) is 7.57. The van der Waals surface area contributed by atoms with E-state index in [-0.39, 0.29) is 22.6 Å². The molecule has 2 aromatic carbocycles. The monoisotopic (exact) mass is 496 g/mol. The number of nitrogens with one attached hydrogen (secondary N) is 1. The number of methoxy groups -OCH3 is 1. The molecule has 2 heterocycles. The van der Waals surface area contributed by atoms with Gasteiger partial charge < -0.3 is 14.8 Å². The Kier molecular flexibility index (Phi) is 6.36. The van der Waals surface area contributed by atoms with Gasteiger partial charge in [0.15, 0.2) is 9.84 Å². The number of H-pyrrole nitrogens is 1. The molecule has 3 aromatic rings. The van der Waals surface area contributed by atoms with Crippen LogP contribution < -0.4 is 4.74 Å². The molecule has 0 bridgehead atoms. The summed E-state index contributed by atoms with van der Waals surface area (Å²) in [6.07, 6.45) is 5.06. The molecule has 0 amide bonds. The number of piperidine rings is 1. The molecule has 1 aliphatic carbocycles. The van der Waals surface area contributed by atoms with E-state index in [1.54, 1.807) is 19.2 Å². The van der Waals surface area contributed by atoms with Gasteiger partial charge in [-0.15, -0.1) is 0 Å². The fraction of sp³-hybridized carbons (Fsp3) is 0.444. The molecule has 2 fully saturated rings.